The number of anilines is 2. The fraction of sp³-hybridized carbons (Fsp3) is 0.652. The third kappa shape index (κ3) is 3.80. The van der Waals surface area contributed by atoms with Crippen LogP contribution in [0.25, 0.3) is 0 Å². The van der Waals surface area contributed by atoms with Crippen LogP contribution in [0.5, 0.6) is 0 Å². The molecule has 3 saturated carbocycles. The highest BCUT2D eigenvalue weighted by Crippen LogP contribution is 2.43. The first kappa shape index (κ1) is 19.1. The fourth-order valence-corrected chi connectivity index (χ4v) is 4.45. The second-order valence-corrected chi connectivity index (χ2v) is 9.42. The van der Waals surface area contributed by atoms with Gasteiger partial charge in [0.05, 0.1) is 17.4 Å². The van der Waals surface area contributed by atoms with Crippen molar-refractivity contribution in [3.63, 3.8) is 0 Å². The zero-order valence-corrected chi connectivity index (χ0v) is 17.3. The molecule has 156 valence electrons. The lowest BCUT2D eigenvalue weighted by Crippen LogP contribution is -2.52. The van der Waals surface area contributed by atoms with Crippen molar-refractivity contribution in [3.8, 4) is 0 Å². The Bertz CT molecular complexity index is 813. The molecule has 3 N–H and O–H groups in total. The number of nitrogens with two attached hydrogens (primary N) is 1. The lowest BCUT2D eigenvalue weighted by molar-refractivity contribution is -0.122. The van der Waals surface area contributed by atoms with Gasteiger partial charge in [0.25, 0.3) is 0 Å². The molecule has 0 spiro atoms. The standard InChI is InChI=1S/C23H32N4O2/c1-14-13-26(22(28)15-2-3-15)21-10-17(18(11-24)12-25-19-7-8-19)6-9-20(21)27(14)23(29)16-4-5-16/h6,9-10,14-16,18-19,25H,2-5,7-8,11-13,24H2,1H3/t14-,18?/m0/s1. The van der Waals surface area contributed by atoms with Gasteiger partial charge in [-0.3, -0.25) is 9.59 Å². The molecule has 1 aliphatic heterocycles. The number of hydrogen-bond acceptors (Lipinski definition) is 4. The van der Waals surface area contributed by atoms with Gasteiger partial charge in [-0.1, -0.05) is 6.07 Å². The summed E-state index contributed by atoms with van der Waals surface area (Å²) in [5, 5.41) is 3.58. The number of benzene rings is 1. The van der Waals surface area contributed by atoms with E-state index in [1.54, 1.807) is 0 Å². The highest BCUT2D eigenvalue weighted by Gasteiger charge is 2.43. The summed E-state index contributed by atoms with van der Waals surface area (Å²) in [6, 6.07) is 6.93. The number of carbonyl (C=O) groups is 2. The molecule has 6 nitrogen and oxygen atoms in total. The number of carbonyl (C=O) groups excluding carboxylic acids is 2. The molecule has 3 aliphatic carbocycles. The summed E-state index contributed by atoms with van der Waals surface area (Å²) in [5.41, 5.74) is 9.05. The lowest BCUT2D eigenvalue weighted by atomic mass is 9.95. The van der Waals surface area contributed by atoms with Gasteiger partial charge in [0.1, 0.15) is 0 Å². The zero-order valence-electron chi connectivity index (χ0n) is 17.3. The topological polar surface area (TPSA) is 78.7 Å². The molecule has 2 amide bonds. The highest BCUT2D eigenvalue weighted by atomic mass is 16.2. The second kappa shape index (κ2) is 7.40. The molecule has 5 rings (SSSR count). The average Bonchev–Trinajstić information content (AvgIpc) is 3.59. The number of fused-ring (bicyclic) bond motifs is 1. The van der Waals surface area contributed by atoms with Crippen LogP contribution in [0.15, 0.2) is 18.2 Å². The SMILES string of the molecule is C[C@H]1CN(C(=O)C2CC2)c2cc(C(CN)CNC3CC3)ccc2N1C(=O)C1CC1. The molecule has 2 atom stereocenters. The van der Waals surface area contributed by atoms with Crippen LogP contribution in [0.2, 0.25) is 0 Å². The molecular weight excluding hydrogens is 364 g/mol. The van der Waals surface area contributed by atoms with Crippen LogP contribution in [0.3, 0.4) is 0 Å². The summed E-state index contributed by atoms with van der Waals surface area (Å²) in [6.45, 7) is 4.07. The molecular formula is C23H32N4O2. The van der Waals surface area contributed by atoms with Gasteiger partial charge in [0.15, 0.2) is 0 Å². The molecule has 29 heavy (non-hydrogen) atoms. The van der Waals surface area contributed by atoms with Crippen molar-refractivity contribution in [2.75, 3.05) is 29.4 Å². The van der Waals surface area contributed by atoms with Crippen LogP contribution < -0.4 is 20.9 Å². The van der Waals surface area contributed by atoms with E-state index in [0.717, 1.165) is 49.2 Å². The Morgan fingerprint density at radius 3 is 2.38 bits per heavy atom. The van der Waals surface area contributed by atoms with Crippen molar-refractivity contribution in [3.05, 3.63) is 23.8 Å². The molecule has 0 saturated heterocycles. The van der Waals surface area contributed by atoms with E-state index in [1.165, 1.54) is 12.8 Å². The summed E-state index contributed by atoms with van der Waals surface area (Å²) in [7, 11) is 0. The van der Waals surface area contributed by atoms with Crippen molar-refractivity contribution in [1.29, 1.82) is 0 Å². The van der Waals surface area contributed by atoms with Gasteiger partial charge in [-0.15, -0.1) is 0 Å². The second-order valence-electron chi connectivity index (χ2n) is 9.42. The van der Waals surface area contributed by atoms with Crippen LogP contribution >= 0.6 is 0 Å². The van der Waals surface area contributed by atoms with Gasteiger partial charge in [-0.05, 0) is 63.1 Å². The molecule has 0 bridgehead atoms. The van der Waals surface area contributed by atoms with Crippen molar-refractivity contribution in [2.24, 2.45) is 17.6 Å². The summed E-state index contributed by atoms with van der Waals surface area (Å²) in [6.07, 6.45) is 6.45. The maximum Gasteiger partial charge on any atom is 0.230 e. The van der Waals surface area contributed by atoms with E-state index in [1.807, 2.05) is 15.9 Å². The van der Waals surface area contributed by atoms with E-state index >= 15 is 0 Å². The van der Waals surface area contributed by atoms with Crippen LogP contribution in [0.1, 0.15) is 56.9 Å². The Balaban J connectivity index is 1.48. The van der Waals surface area contributed by atoms with Gasteiger partial charge in [0, 0.05) is 43.4 Å². The fourth-order valence-electron chi connectivity index (χ4n) is 4.45. The van der Waals surface area contributed by atoms with Gasteiger partial charge in [-0.2, -0.15) is 0 Å². The number of amides is 2. The molecule has 3 fully saturated rings. The van der Waals surface area contributed by atoms with Crippen LogP contribution in [-0.2, 0) is 9.59 Å². The number of rotatable bonds is 7. The molecule has 0 aromatic heterocycles. The number of nitrogens with zero attached hydrogens (tertiary/aromatic N) is 2. The molecule has 6 heteroatoms. The van der Waals surface area contributed by atoms with Crippen LogP contribution in [0.4, 0.5) is 11.4 Å². The minimum Gasteiger partial charge on any atom is -0.330 e. The third-order valence-corrected chi connectivity index (χ3v) is 6.78. The Hall–Kier alpha value is -1.92. The smallest absolute Gasteiger partial charge is 0.230 e. The van der Waals surface area contributed by atoms with E-state index in [2.05, 4.69) is 24.4 Å². The first-order chi connectivity index (χ1) is 14.1. The molecule has 4 aliphatic rings. The van der Waals surface area contributed by atoms with Gasteiger partial charge in [-0.25, -0.2) is 0 Å². The quantitative estimate of drug-likeness (QED) is 0.742. The average molecular weight is 397 g/mol. The number of hydrogen-bond donors (Lipinski definition) is 2. The van der Waals surface area contributed by atoms with Crippen molar-refractivity contribution in [2.45, 2.75) is 63.5 Å². The monoisotopic (exact) mass is 396 g/mol. The maximum atomic E-state index is 13.1. The van der Waals surface area contributed by atoms with Crippen molar-refractivity contribution in [1.82, 2.24) is 5.32 Å². The van der Waals surface area contributed by atoms with E-state index in [4.69, 9.17) is 5.73 Å². The predicted octanol–water partition coefficient (Wildman–Crippen LogP) is 2.37. The van der Waals surface area contributed by atoms with Gasteiger partial charge >= 0.3 is 0 Å². The third-order valence-electron chi connectivity index (χ3n) is 6.78. The highest BCUT2D eigenvalue weighted by molar-refractivity contribution is 6.06. The predicted molar refractivity (Wildman–Crippen MR) is 114 cm³/mol. The summed E-state index contributed by atoms with van der Waals surface area (Å²) in [4.78, 5) is 30.0. The molecule has 1 aromatic rings. The van der Waals surface area contributed by atoms with E-state index in [-0.39, 0.29) is 35.6 Å². The Kier molecular flexibility index (Phi) is 4.87. The first-order valence-electron chi connectivity index (χ1n) is 11.3. The molecule has 1 unspecified atom stereocenters. The largest absolute Gasteiger partial charge is 0.330 e. The first-order valence-corrected chi connectivity index (χ1v) is 11.3. The van der Waals surface area contributed by atoms with E-state index < -0.39 is 0 Å². The molecule has 1 aromatic carbocycles. The Morgan fingerprint density at radius 1 is 1.07 bits per heavy atom. The normalized spacial score (nSPS) is 25.0. The Labute approximate surface area is 172 Å². The summed E-state index contributed by atoms with van der Waals surface area (Å²) < 4.78 is 0. The number of nitrogens with one attached hydrogen (secondary N) is 1. The maximum absolute atomic E-state index is 13.1. The molecule has 0 radical (unpaired) electrons. The Morgan fingerprint density at radius 2 is 1.76 bits per heavy atom. The van der Waals surface area contributed by atoms with Gasteiger partial charge in [0.2, 0.25) is 11.8 Å². The van der Waals surface area contributed by atoms with Crippen molar-refractivity contribution >= 4 is 23.2 Å². The van der Waals surface area contributed by atoms with Crippen molar-refractivity contribution < 1.29 is 9.59 Å². The van der Waals surface area contributed by atoms with Crippen LogP contribution in [0, 0.1) is 11.8 Å². The van der Waals surface area contributed by atoms with E-state index in [9.17, 15) is 9.59 Å². The summed E-state index contributed by atoms with van der Waals surface area (Å²) >= 11 is 0. The van der Waals surface area contributed by atoms with Crippen LogP contribution in [-0.4, -0.2) is 43.5 Å². The zero-order chi connectivity index (χ0) is 20.1. The lowest BCUT2D eigenvalue weighted by Gasteiger charge is -2.42. The van der Waals surface area contributed by atoms with Gasteiger partial charge < -0.3 is 20.9 Å². The van der Waals surface area contributed by atoms with E-state index in [0.29, 0.717) is 19.1 Å². The minimum absolute atomic E-state index is 0.00555. The minimum atomic E-state index is 0.00555. The summed E-state index contributed by atoms with van der Waals surface area (Å²) in [5.74, 6) is 0.970. The molecule has 1 heterocycles.